The minimum Gasteiger partial charge on any atom is -0.495 e. The number of thiophene rings is 1. The van der Waals surface area contributed by atoms with Gasteiger partial charge in [0.05, 0.1) is 23.7 Å². The van der Waals surface area contributed by atoms with Gasteiger partial charge in [0.15, 0.2) is 11.6 Å². The second-order valence-corrected chi connectivity index (χ2v) is 9.76. The molecule has 0 aliphatic carbocycles. The number of carbonyl (C=O) groups excluding carboxylic acids is 1. The van der Waals surface area contributed by atoms with E-state index in [9.17, 15) is 4.79 Å². The Morgan fingerprint density at radius 1 is 0.950 bits per heavy atom. The van der Waals surface area contributed by atoms with Crippen LogP contribution in [0.4, 0.5) is 11.5 Å². The molecule has 0 aliphatic rings. The van der Waals surface area contributed by atoms with Crippen LogP contribution in [0.2, 0.25) is 0 Å². The fourth-order valence-electron chi connectivity index (χ4n) is 4.19. The lowest BCUT2D eigenvalue weighted by atomic mass is 10.1. The third-order valence-corrected chi connectivity index (χ3v) is 7.10. The topological polar surface area (TPSA) is 108 Å². The van der Waals surface area contributed by atoms with Crippen molar-refractivity contribution >= 4 is 50.6 Å². The van der Waals surface area contributed by atoms with E-state index in [1.807, 2.05) is 66.0 Å². The number of anilines is 2. The third-order valence-electron chi connectivity index (χ3n) is 6.11. The summed E-state index contributed by atoms with van der Waals surface area (Å²) in [5.41, 5.74) is 3.87. The number of ether oxygens (including phenoxy) is 3. The average molecular weight is 550 g/mol. The molecule has 0 saturated heterocycles. The fraction of sp³-hybridized carbons (Fsp3) is 0.100. The standard InChI is InChI=1S/C30H23N5O4S/c1-18(36)38-16-19-13-27(40-17-19)28-23-5-3-4-6-24(23)30(35-34-28)33-20-7-9-21(10-8-20)39-26-11-12-31-25-14-22(37-2)15-32-29(25)26/h3-15,17H,16H2,1-2H3,(H,33,35). The smallest absolute Gasteiger partial charge is 0.302 e. The van der Waals surface area contributed by atoms with E-state index in [0.717, 1.165) is 32.6 Å². The molecule has 6 rings (SSSR count). The summed E-state index contributed by atoms with van der Waals surface area (Å²) in [6, 6.07) is 21.1. The van der Waals surface area contributed by atoms with Crippen molar-refractivity contribution in [2.24, 2.45) is 0 Å². The van der Waals surface area contributed by atoms with Crippen molar-refractivity contribution in [2.75, 3.05) is 12.4 Å². The Morgan fingerprint density at radius 2 is 1.77 bits per heavy atom. The highest BCUT2D eigenvalue weighted by Crippen LogP contribution is 2.35. The van der Waals surface area contributed by atoms with Crippen LogP contribution in [-0.4, -0.2) is 33.2 Å². The van der Waals surface area contributed by atoms with Crippen molar-refractivity contribution in [3.05, 3.63) is 90.1 Å². The lowest BCUT2D eigenvalue weighted by molar-refractivity contribution is -0.142. The molecule has 0 spiro atoms. The van der Waals surface area contributed by atoms with Crippen LogP contribution < -0.4 is 14.8 Å². The monoisotopic (exact) mass is 549 g/mol. The molecular formula is C30H23N5O4S. The first-order valence-electron chi connectivity index (χ1n) is 12.4. The zero-order valence-electron chi connectivity index (χ0n) is 21.6. The minimum absolute atomic E-state index is 0.235. The van der Waals surface area contributed by atoms with Gasteiger partial charge in [0.25, 0.3) is 0 Å². The zero-order valence-corrected chi connectivity index (χ0v) is 22.4. The van der Waals surface area contributed by atoms with E-state index in [2.05, 4.69) is 25.5 Å². The lowest BCUT2D eigenvalue weighted by Gasteiger charge is -2.12. The van der Waals surface area contributed by atoms with Crippen molar-refractivity contribution in [3.8, 4) is 27.8 Å². The van der Waals surface area contributed by atoms with Crippen LogP contribution in [0, 0.1) is 0 Å². The highest BCUT2D eigenvalue weighted by molar-refractivity contribution is 7.13. The minimum atomic E-state index is -0.308. The highest BCUT2D eigenvalue weighted by Gasteiger charge is 2.14. The van der Waals surface area contributed by atoms with Crippen LogP contribution in [0.1, 0.15) is 12.5 Å². The van der Waals surface area contributed by atoms with E-state index in [1.165, 1.54) is 6.92 Å². The van der Waals surface area contributed by atoms with Gasteiger partial charge < -0.3 is 19.5 Å². The number of hydrogen-bond acceptors (Lipinski definition) is 10. The van der Waals surface area contributed by atoms with Crippen molar-refractivity contribution in [1.29, 1.82) is 0 Å². The Balaban J connectivity index is 1.22. The molecule has 40 heavy (non-hydrogen) atoms. The number of rotatable bonds is 8. The number of aromatic nitrogens is 4. The second kappa shape index (κ2) is 11.0. The number of esters is 1. The maximum atomic E-state index is 11.2. The van der Waals surface area contributed by atoms with Crippen molar-refractivity contribution in [2.45, 2.75) is 13.5 Å². The first-order valence-corrected chi connectivity index (χ1v) is 13.3. The quantitative estimate of drug-likeness (QED) is 0.203. The van der Waals surface area contributed by atoms with Crippen LogP contribution in [-0.2, 0) is 16.1 Å². The summed E-state index contributed by atoms with van der Waals surface area (Å²) >= 11 is 1.54. The number of hydrogen-bond donors (Lipinski definition) is 1. The van der Waals surface area contributed by atoms with E-state index in [-0.39, 0.29) is 12.6 Å². The average Bonchev–Trinajstić information content (AvgIpc) is 3.46. The fourth-order valence-corrected chi connectivity index (χ4v) is 5.09. The van der Waals surface area contributed by atoms with Crippen molar-refractivity contribution in [1.82, 2.24) is 20.2 Å². The van der Waals surface area contributed by atoms with Gasteiger partial charge in [-0.1, -0.05) is 24.3 Å². The Morgan fingerprint density at radius 3 is 2.58 bits per heavy atom. The molecule has 2 aromatic carbocycles. The van der Waals surface area contributed by atoms with Crippen molar-refractivity contribution in [3.63, 3.8) is 0 Å². The van der Waals surface area contributed by atoms with E-state index < -0.39 is 0 Å². The van der Waals surface area contributed by atoms with Gasteiger partial charge in [0, 0.05) is 47.3 Å². The van der Waals surface area contributed by atoms with E-state index >= 15 is 0 Å². The number of carbonyl (C=O) groups is 1. The Hall–Kier alpha value is -5.09. The summed E-state index contributed by atoms with van der Waals surface area (Å²) in [7, 11) is 1.59. The van der Waals surface area contributed by atoms with Crippen LogP contribution >= 0.6 is 11.3 Å². The summed E-state index contributed by atoms with van der Waals surface area (Å²) in [6.07, 6.45) is 3.32. The molecule has 0 bridgehead atoms. The molecule has 9 nitrogen and oxygen atoms in total. The molecule has 198 valence electrons. The summed E-state index contributed by atoms with van der Waals surface area (Å²) in [6.45, 7) is 1.63. The maximum absolute atomic E-state index is 11.2. The zero-order chi connectivity index (χ0) is 27.5. The van der Waals surface area contributed by atoms with Gasteiger partial charge >= 0.3 is 5.97 Å². The van der Waals surface area contributed by atoms with Gasteiger partial charge in [-0.3, -0.25) is 9.78 Å². The van der Waals surface area contributed by atoms with Gasteiger partial charge in [-0.15, -0.1) is 21.5 Å². The Labute approximate surface area is 233 Å². The number of methoxy groups -OCH3 is 1. The SMILES string of the molecule is COc1cnc2c(Oc3ccc(Nc4nnc(-c5cc(COC(C)=O)cs5)c5ccccc45)cc3)ccnc2c1. The predicted octanol–water partition coefficient (Wildman–Crippen LogP) is 6.91. The predicted molar refractivity (Wildman–Crippen MR) is 154 cm³/mol. The molecule has 0 aliphatic heterocycles. The van der Waals surface area contributed by atoms with Crippen LogP contribution in [0.3, 0.4) is 0 Å². The molecule has 0 amide bonds. The Kier molecular flexibility index (Phi) is 6.90. The summed E-state index contributed by atoms with van der Waals surface area (Å²) in [4.78, 5) is 20.9. The van der Waals surface area contributed by atoms with Crippen LogP contribution in [0.5, 0.6) is 17.2 Å². The summed E-state index contributed by atoms with van der Waals surface area (Å²) < 4.78 is 16.5. The molecule has 1 N–H and O–H groups in total. The molecule has 4 aromatic heterocycles. The van der Waals surface area contributed by atoms with Gasteiger partial charge in [0.1, 0.15) is 29.3 Å². The summed E-state index contributed by atoms with van der Waals surface area (Å²) in [5, 5.41) is 16.3. The largest absolute Gasteiger partial charge is 0.495 e. The number of fused-ring (bicyclic) bond motifs is 2. The maximum Gasteiger partial charge on any atom is 0.302 e. The van der Waals surface area contributed by atoms with E-state index in [1.54, 1.807) is 36.9 Å². The molecule has 0 atom stereocenters. The number of pyridine rings is 2. The number of benzene rings is 2. The van der Waals surface area contributed by atoms with E-state index in [4.69, 9.17) is 14.2 Å². The molecule has 10 heteroatoms. The van der Waals surface area contributed by atoms with Crippen LogP contribution in [0.25, 0.3) is 32.4 Å². The first-order chi connectivity index (χ1) is 19.6. The highest BCUT2D eigenvalue weighted by atomic mass is 32.1. The molecule has 0 radical (unpaired) electrons. The molecule has 0 saturated carbocycles. The number of nitrogens with zero attached hydrogens (tertiary/aromatic N) is 4. The molecular weight excluding hydrogens is 526 g/mol. The second-order valence-electron chi connectivity index (χ2n) is 8.85. The molecule has 0 fully saturated rings. The first kappa shape index (κ1) is 25.2. The molecule has 4 heterocycles. The van der Waals surface area contributed by atoms with Gasteiger partial charge in [-0.2, -0.15) is 0 Å². The third kappa shape index (κ3) is 5.25. The van der Waals surface area contributed by atoms with E-state index in [0.29, 0.717) is 34.1 Å². The van der Waals surface area contributed by atoms with Gasteiger partial charge in [-0.25, -0.2) is 4.98 Å². The van der Waals surface area contributed by atoms with Crippen LogP contribution in [0.15, 0.2) is 84.5 Å². The van der Waals surface area contributed by atoms with Gasteiger partial charge in [0.2, 0.25) is 0 Å². The lowest BCUT2D eigenvalue weighted by Crippen LogP contribution is -1.99. The van der Waals surface area contributed by atoms with Crippen molar-refractivity contribution < 1.29 is 19.0 Å². The Bertz CT molecular complexity index is 1840. The molecule has 6 aromatic rings. The molecule has 0 unspecified atom stereocenters. The normalized spacial score (nSPS) is 10.9. The summed E-state index contributed by atoms with van der Waals surface area (Å²) in [5.74, 6) is 2.23. The van der Waals surface area contributed by atoms with Gasteiger partial charge in [-0.05, 0) is 35.7 Å². The number of nitrogens with one attached hydrogen (secondary N) is 1.